The molecule has 0 saturated heterocycles. The van der Waals surface area contributed by atoms with Crippen LogP contribution in [0.5, 0.6) is 0 Å². The number of thiophene rings is 1. The van der Waals surface area contributed by atoms with Crippen LogP contribution in [0, 0.1) is 5.92 Å². The Morgan fingerprint density at radius 2 is 2.15 bits per heavy atom. The maximum absolute atomic E-state index is 11.7. The Labute approximate surface area is 123 Å². The van der Waals surface area contributed by atoms with Gasteiger partial charge in [0.25, 0.3) is 5.91 Å². The number of amides is 2. The number of rotatable bonds is 7. The van der Waals surface area contributed by atoms with Crippen LogP contribution >= 0.6 is 11.3 Å². The molecule has 2 amide bonds. The van der Waals surface area contributed by atoms with Crippen molar-refractivity contribution in [2.75, 3.05) is 20.1 Å². The number of carbonyl (C=O) groups is 2. The predicted octanol–water partition coefficient (Wildman–Crippen LogP) is 0.556. The van der Waals surface area contributed by atoms with Crippen molar-refractivity contribution in [3.05, 3.63) is 21.9 Å². The van der Waals surface area contributed by atoms with Crippen LogP contribution in [-0.4, -0.2) is 36.9 Å². The van der Waals surface area contributed by atoms with E-state index in [-0.39, 0.29) is 11.8 Å². The Hall–Kier alpha value is -1.44. The summed E-state index contributed by atoms with van der Waals surface area (Å²) >= 11 is 1.34. The molecule has 0 atom stereocenters. The molecule has 112 valence electrons. The molecule has 0 bridgehead atoms. The van der Waals surface area contributed by atoms with Crippen molar-refractivity contribution in [3.8, 4) is 0 Å². The van der Waals surface area contributed by atoms with Gasteiger partial charge in [-0.1, -0.05) is 13.8 Å². The zero-order chi connectivity index (χ0) is 15.1. The Balaban J connectivity index is 2.50. The van der Waals surface area contributed by atoms with Gasteiger partial charge < -0.3 is 5.32 Å². The standard InChI is InChI=1S/C13H22N4O2S/c1-9(2)6-15-11(18)8-17(3)7-10-4-5-20-12(10)13(19)16-14/h4-5,9H,6-8,14H2,1-3H3,(H,15,18)(H,16,19). The molecule has 0 aliphatic heterocycles. The lowest BCUT2D eigenvalue weighted by molar-refractivity contribution is -0.122. The van der Waals surface area contributed by atoms with Crippen LogP contribution in [-0.2, 0) is 11.3 Å². The van der Waals surface area contributed by atoms with Crippen LogP contribution in [0.1, 0.15) is 29.1 Å². The predicted molar refractivity (Wildman–Crippen MR) is 80.2 cm³/mol. The van der Waals surface area contributed by atoms with Crippen LogP contribution in [0.2, 0.25) is 0 Å². The zero-order valence-corrected chi connectivity index (χ0v) is 12.9. The molecular weight excluding hydrogens is 276 g/mol. The first-order valence-corrected chi connectivity index (χ1v) is 7.34. The highest BCUT2D eigenvalue weighted by Gasteiger charge is 2.14. The van der Waals surface area contributed by atoms with E-state index in [4.69, 9.17) is 5.84 Å². The van der Waals surface area contributed by atoms with Gasteiger partial charge in [-0.05, 0) is 30.0 Å². The first-order valence-electron chi connectivity index (χ1n) is 6.46. The Morgan fingerprint density at radius 1 is 1.45 bits per heavy atom. The zero-order valence-electron chi connectivity index (χ0n) is 12.1. The molecule has 0 fully saturated rings. The maximum Gasteiger partial charge on any atom is 0.275 e. The van der Waals surface area contributed by atoms with E-state index in [1.54, 1.807) is 0 Å². The molecular formula is C13H22N4O2S. The molecule has 0 aliphatic carbocycles. The van der Waals surface area contributed by atoms with Gasteiger partial charge >= 0.3 is 0 Å². The molecule has 6 nitrogen and oxygen atoms in total. The molecule has 0 spiro atoms. The molecule has 20 heavy (non-hydrogen) atoms. The summed E-state index contributed by atoms with van der Waals surface area (Å²) in [4.78, 5) is 25.7. The highest BCUT2D eigenvalue weighted by molar-refractivity contribution is 7.12. The minimum Gasteiger partial charge on any atom is -0.355 e. The highest BCUT2D eigenvalue weighted by atomic mass is 32.1. The fraction of sp³-hybridized carbons (Fsp3) is 0.538. The second kappa shape index (κ2) is 7.98. The molecule has 0 aromatic carbocycles. The maximum atomic E-state index is 11.7. The van der Waals surface area contributed by atoms with Gasteiger partial charge in [0.15, 0.2) is 0 Å². The van der Waals surface area contributed by atoms with Gasteiger partial charge in [0.1, 0.15) is 0 Å². The van der Waals surface area contributed by atoms with Gasteiger partial charge in [-0.2, -0.15) is 0 Å². The van der Waals surface area contributed by atoms with Crippen LogP contribution in [0.25, 0.3) is 0 Å². The number of carbonyl (C=O) groups excluding carboxylic acids is 2. The number of nitrogens with one attached hydrogen (secondary N) is 2. The fourth-order valence-electron chi connectivity index (χ4n) is 1.69. The summed E-state index contributed by atoms with van der Waals surface area (Å²) < 4.78 is 0. The fourth-order valence-corrected chi connectivity index (χ4v) is 2.51. The molecule has 0 unspecified atom stereocenters. The third-order valence-corrected chi connectivity index (χ3v) is 3.60. The first-order chi connectivity index (χ1) is 9.43. The third kappa shape index (κ3) is 5.28. The minimum absolute atomic E-state index is 0.0127. The summed E-state index contributed by atoms with van der Waals surface area (Å²) in [6.07, 6.45) is 0. The van der Waals surface area contributed by atoms with Crippen LogP contribution in [0.15, 0.2) is 11.4 Å². The van der Waals surface area contributed by atoms with Gasteiger partial charge in [0, 0.05) is 13.1 Å². The van der Waals surface area contributed by atoms with E-state index < -0.39 is 0 Å². The normalized spacial score (nSPS) is 10.9. The van der Waals surface area contributed by atoms with Crippen molar-refractivity contribution in [2.24, 2.45) is 11.8 Å². The number of hydrazine groups is 1. The van der Waals surface area contributed by atoms with E-state index in [9.17, 15) is 9.59 Å². The average molecular weight is 298 g/mol. The van der Waals surface area contributed by atoms with Gasteiger partial charge in [-0.25, -0.2) is 5.84 Å². The molecule has 0 saturated carbocycles. The second-order valence-corrected chi connectivity index (χ2v) is 6.03. The summed E-state index contributed by atoms with van der Waals surface area (Å²) in [5, 5.41) is 4.70. The number of nitrogens with two attached hydrogens (primary N) is 1. The van der Waals surface area contributed by atoms with E-state index in [1.165, 1.54) is 11.3 Å². The van der Waals surface area contributed by atoms with Crippen molar-refractivity contribution in [1.82, 2.24) is 15.6 Å². The molecule has 1 aromatic heterocycles. The Bertz CT molecular complexity index is 459. The largest absolute Gasteiger partial charge is 0.355 e. The second-order valence-electron chi connectivity index (χ2n) is 5.12. The SMILES string of the molecule is CC(C)CNC(=O)CN(C)Cc1ccsc1C(=O)NN. The molecule has 4 N–H and O–H groups in total. The summed E-state index contributed by atoms with van der Waals surface area (Å²) in [6.45, 7) is 5.60. The summed E-state index contributed by atoms with van der Waals surface area (Å²) in [5.41, 5.74) is 3.00. The third-order valence-electron chi connectivity index (χ3n) is 2.65. The average Bonchev–Trinajstić information content (AvgIpc) is 2.83. The molecule has 7 heteroatoms. The Morgan fingerprint density at radius 3 is 2.75 bits per heavy atom. The number of hydrogen-bond acceptors (Lipinski definition) is 5. The van der Waals surface area contributed by atoms with Crippen molar-refractivity contribution in [3.63, 3.8) is 0 Å². The quantitative estimate of drug-likeness (QED) is 0.390. The van der Waals surface area contributed by atoms with Gasteiger partial charge in [-0.3, -0.25) is 19.9 Å². The van der Waals surface area contributed by atoms with Crippen molar-refractivity contribution >= 4 is 23.2 Å². The lowest BCUT2D eigenvalue weighted by atomic mass is 10.2. The molecule has 0 aliphatic rings. The van der Waals surface area contributed by atoms with Crippen LogP contribution < -0.4 is 16.6 Å². The summed E-state index contributed by atoms with van der Waals surface area (Å²) in [6, 6.07) is 1.87. The number of nitrogen functional groups attached to an aromatic ring is 1. The summed E-state index contributed by atoms with van der Waals surface area (Å²) in [5.74, 6) is 5.26. The number of hydrogen-bond donors (Lipinski definition) is 3. The smallest absolute Gasteiger partial charge is 0.275 e. The first kappa shape index (κ1) is 16.6. The van der Waals surface area contributed by atoms with Crippen molar-refractivity contribution < 1.29 is 9.59 Å². The van der Waals surface area contributed by atoms with E-state index in [2.05, 4.69) is 10.7 Å². The van der Waals surface area contributed by atoms with Gasteiger partial charge in [-0.15, -0.1) is 11.3 Å². The summed E-state index contributed by atoms with van der Waals surface area (Å²) in [7, 11) is 1.84. The van der Waals surface area contributed by atoms with E-state index in [1.807, 2.05) is 37.2 Å². The topological polar surface area (TPSA) is 87.5 Å². The molecule has 1 aromatic rings. The van der Waals surface area contributed by atoms with Crippen LogP contribution in [0.4, 0.5) is 0 Å². The Kier molecular flexibility index (Phi) is 6.63. The van der Waals surface area contributed by atoms with E-state index in [0.717, 1.165) is 5.56 Å². The highest BCUT2D eigenvalue weighted by Crippen LogP contribution is 2.17. The minimum atomic E-state index is -0.298. The van der Waals surface area contributed by atoms with Gasteiger partial charge in [0.05, 0.1) is 11.4 Å². The molecule has 1 rings (SSSR count). The van der Waals surface area contributed by atoms with Gasteiger partial charge in [0.2, 0.25) is 5.91 Å². The number of likely N-dealkylation sites (N-methyl/N-ethyl adjacent to an activating group) is 1. The monoisotopic (exact) mass is 298 g/mol. The lowest BCUT2D eigenvalue weighted by Crippen LogP contribution is -2.37. The lowest BCUT2D eigenvalue weighted by Gasteiger charge is -2.17. The van der Waals surface area contributed by atoms with Crippen molar-refractivity contribution in [2.45, 2.75) is 20.4 Å². The van der Waals surface area contributed by atoms with Crippen molar-refractivity contribution in [1.29, 1.82) is 0 Å². The van der Waals surface area contributed by atoms with Crippen LogP contribution in [0.3, 0.4) is 0 Å². The molecule has 0 radical (unpaired) electrons. The number of nitrogens with zero attached hydrogens (tertiary/aromatic N) is 1. The van der Waals surface area contributed by atoms with E-state index >= 15 is 0 Å². The molecule has 1 heterocycles. The van der Waals surface area contributed by atoms with E-state index in [0.29, 0.717) is 30.4 Å².